The Bertz CT molecular complexity index is 676. The molecule has 0 rings (SSSR count). The highest BCUT2D eigenvalue weighted by molar-refractivity contribution is 5.89. The highest BCUT2D eigenvalue weighted by Gasteiger charge is 2.42. The minimum absolute atomic E-state index is 0.0689. The fraction of sp³-hybridized carbons (Fsp3) is 0.875. The molecule has 242 valence electrons. The van der Waals surface area contributed by atoms with Crippen LogP contribution >= 0.6 is 0 Å². The van der Waals surface area contributed by atoms with Crippen molar-refractivity contribution in [1.82, 2.24) is 15.5 Å². The van der Waals surface area contributed by atoms with Gasteiger partial charge in [-0.05, 0) is 0 Å². The molecule has 0 saturated heterocycles. The van der Waals surface area contributed by atoms with Gasteiger partial charge in [0.2, 0.25) is 11.8 Å². The number of alkyl halides is 3. The van der Waals surface area contributed by atoms with Crippen LogP contribution in [0.5, 0.6) is 0 Å². The van der Waals surface area contributed by atoms with Gasteiger partial charge in [-0.2, -0.15) is 13.2 Å². The van der Waals surface area contributed by atoms with Crippen molar-refractivity contribution in [2.24, 2.45) is 0 Å². The largest absolute Gasteiger partial charge is 0.471 e. The maximum atomic E-state index is 12.9. The van der Waals surface area contributed by atoms with E-state index in [-0.39, 0.29) is 33.0 Å². The smallest absolute Gasteiger partial charge is 0.382 e. The summed E-state index contributed by atoms with van der Waals surface area (Å²) in [6.07, 6.45) is -5.17. The van der Waals surface area contributed by atoms with E-state index >= 15 is 0 Å². The summed E-state index contributed by atoms with van der Waals surface area (Å²) in [5.41, 5.74) is 0. The quantitative estimate of drug-likeness (QED) is 0.105. The lowest BCUT2D eigenvalue weighted by Gasteiger charge is -2.23. The zero-order valence-corrected chi connectivity index (χ0v) is 23.8. The summed E-state index contributed by atoms with van der Waals surface area (Å²) in [4.78, 5) is 35.9. The molecule has 0 atom stereocenters. The molecule has 0 aromatic heterocycles. The zero-order valence-electron chi connectivity index (χ0n) is 23.8. The Balaban J connectivity index is 4.03. The predicted molar refractivity (Wildman–Crippen MR) is 137 cm³/mol. The Morgan fingerprint density at radius 3 is 1.44 bits per heavy atom. The van der Waals surface area contributed by atoms with Gasteiger partial charge < -0.3 is 53.4 Å². The Morgan fingerprint density at radius 1 is 0.585 bits per heavy atom. The number of hydrogen-bond acceptors (Lipinski definition) is 11. The van der Waals surface area contributed by atoms with Crippen LogP contribution in [0.1, 0.15) is 0 Å². The van der Waals surface area contributed by atoms with Gasteiger partial charge in [-0.3, -0.25) is 14.4 Å². The molecule has 14 nitrogen and oxygen atoms in total. The highest BCUT2D eigenvalue weighted by Crippen LogP contribution is 2.18. The molecule has 0 aromatic rings. The summed E-state index contributed by atoms with van der Waals surface area (Å²) in [6.45, 7) is 2.46. The molecule has 0 spiro atoms. The number of carbonyl (C=O) groups is 3. The van der Waals surface area contributed by atoms with Crippen LogP contribution in [0.2, 0.25) is 0 Å². The van der Waals surface area contributed by atoms with E-state index in [1.54, 1.807) is 14.2 Å². The molecule has 0 radical (unpaired) electrons. The fourth-order valence-electron chi connectivity index (χ4n) is 2.71. The molecule has 3 amide bonds. The number of amides is 3. The number of nitrogens with one attached hydrogen (secondary N) is 2. The zero-order chi connectivity index (χ0) is 30.6. The molecule has 0 unspecified atom stereocenters. The second kappa shape index (κ2) is 26.8. The normalized spacial score (nSPS) is 11.4. The summed E-state index contributed by atoms with van der Waals surface area (Å²) < 4.78 is 79.9. The third kappa shape index (κ3) is 25.3. The lowest BCUT2D eigenvalue weighted by molar-refractivity contribution is -0.186. The minimum Gasteiger partial charge on any atom is -0.382 e. The summed E-state index contributed by atoms with van der Waals surface area (Å²) in [5, 5.41) is 4.67. The molecule has 0 aliphatic carbocycles. The first-order valence-electron chi connectivity index (χ1n) is 13.1. The first-order chi connectivity index (χ1) is 19.7. The van der Waals surface area contributed by atoms with E-state index in [0.29, 0.717) is 71.0 Å². The first-order valence-corrected chi connectivity index (χ1v) is 13.1. The molecule has 0 aromatic carbocycles. The molecule has 0 aliphatic rings. The number of hydrogen-bond donors (Lipinski definition) is 2. The summed E-state index contributed by atoms with van der Waals surface area (Å²) in [7, 11) is 3.13. The average Bonchev–Trinajstić information content (AvgIpc) is 2.93. The second-order valence-electron chi connectivity index (χ2n) is 8.01. The number of methoxy groups -OCH3 is 2. The van der Waals surface area contributed by atoms with Crippen LogP contribution in [-0.2, 0) is 52.3 Å². The molecule has 0 aliphatic heterocycles. The third-order valence-electron chi connectivity index (χ3n) is 4.74. The monoisotopic (exact) mass is 607 g/mol. The summed E-state index contributed by atoms with van der Waals surface area (Å²) in [6, 6.07) is 0. The number of nitrogens with zero attached hydrogens (tertiary/aromatic N) is 1. The van der Waals surface area contributed by atoms with Crippen LogP contribution in [0.3, 0.4) is 0 Å². The van der Waals surface area contributed by atoms with Crippen molar-refractivity contribution in [3.63, 3.8) is 0 Å². The van der Waals surface area contributed by atoms with Gasteiger partial charge in [-0.25, -0.2) is 0 Å². The number of halogens is 3. The minimum atomic E-state index is -5.17. The summed E-state index contributed by atoms with van der Waals surface area (Å²) in [5.74, 6) is -3.70. The van der Waals surface area contributed by atoms with Crippen molar-refractivity contribution >= 4 is 17.7 Å². The van der Waals surface area contributed by atoms with E-state index < -0.39 is 43.5 Å². The topological polar surface area (TPSA) is 152 Å². The van der Waals surface area contributed by atoms with E-state index in [2.05, 4.69) is 10.6 Å². The van der Waals surface area contributed by atoms with Gasteiger partial charge in [0.25, 0.3) is 0 Å². The van der Waals surface area contributed by atoms with Crippen molar-refractivity contribution in [3.8, 4) is 0 Å². The van der Waals surface area contributed by atoms with Gasteiger partial charge in [0, 0.05) is 27.3 Å². The molecular formula is C24H44F3N3O11. The maximum Gasteiger partial charge on any atom is 0.471 e. The lowest BCUT2D eigenvalue weighted by Crippen LogP contribution is -2.49. The molecule has 41 heavy (non-hydrogen) atoms. The average molecular weight is 608 g/mol. The van der Waals surface area contributed by atoms with E-state index in [1.807, 2.05) is 0 Å². The molecule has 2 N–H and O–H groups in total. The van der Waals surface area contributed by atoms with Gasteiger partial charge in [0.05, 0.1) is 106 Å². The predicted octanol–water partition coefficient (Wildman–Crippen LogP) is -0.998. The Morgan fingerprint density at radius 2 is 1.00 bits per heavy atom. The molecule has 0 fully saturated rings. The third-order valence-corrected chi connectivity index (χ3v) is 4.74. The van der Waals surface area contributed by atoms with E-state index in [0.717, 1.165) is 0 Å². The number of carbonyl (C=O) groups excluding carboxylic acids is 3. The van der Waals surface area contributed by atoms with Gasteiger partial charge in [-0.15, -0.1) is 0 Å². The molecule has 0 heterocycles. The molecule has 17 heteroatoms. The molecule has 0 bridgehead atoms. The second-order valence-corrected chi connectivity index (χ2v) is 8.01. The van der Waals surface area contributed by atoms with Crippen LogP contribution in [-0.4, -0.2) is 162 Å². The molecule has 0 saturated carbocycles. The lowest BCUT2D eigenvalue weighted by atomic mass is 10.4. The van der Waals surface area contributed by atoms with Gasteiger partial charge in [-0.1, -0.05) is 0 Å². The van der Waals surface area contributed by atoms with Crippen molar-refractivity contribution in [2.45, 2.75) is 6.18 Å². The van der Waals surface area contributed by atoms with Crippen LogP contribution in [0.25, 0.3) is 0 Å². The van der Waals surface area contributed by atoms with E-state index in [9.17, 15) is 27.6 Å². The Hall–Kier alpha value is -2.12. The Kier molecular flexibility index (Phi) is 25.4. The SMILES string of the molecule is COCCOCCOCCOCCNC(=O)CNC(=O)CN(CCOCCOCCOCCOC)C(=O)C(F)(F)F. The first kappa shape index (κ1) is 38.9. The van der Waals surface area contributed by atoms with Crippen molar-refractivity contribution in [3.05, 3.63) is 0 Å². The van der Waals surface area contributed by atoms with Crippen molar-refractivity contribution in [1.29, 1.82) is 0 Å². The van der Waals surface area contributed by atoms with Gasteiger partial charge >= 0.3 is 12.1 Å². The number of rotatable bonds is 28. The van der Waals surface area contributed by atoms with Crippen LogP contribution in [0, 0.1) is 0 Å². The Labute approximate surface area is 238 Å². The molecular weight excluding hydrogens is 563 g/mol. The maximum absolute atomic E-state index is 12.9. The fourth-order valence-corrected chi connectivity index (χ4v) is 2.71. The standard InChI is InChI=1S/C24H44F3N3O11/c1-34-7-9-38-15-17-40-13-11-36-5-3-28-21(31)19-29-22(32)20-30(23(33)24(25,26)27)4-6-37-12-14-41-18-16-39-10-8-35-2/h3-20H2,1-2H3,(H,28,31)(H,29,32). The van der Waals surface area contributed by atoms with Crippen LogP contribution < -0.4 is 10.6 Å². The highest BCUT2D eigenvalue weighted by atomic mass is 19.4. The van der Waals surface area contributed by atoms with Crippen LogP contribution in [0.15, 0.2) is 0 Å². The van der Waals surface area contributed by atoms with Crippen molar-refractivity contribution < 1.29 is 65.4 Å². The number of ether oxygens (including phenoxy) is 8. The van der Waals surface area contributed by atoms with Gasteiger partial charge in [0.15, 0.2) is 0 Å². The van der Waals surface area contributed by atoms with Gasteiger partial charge in [0.1, 0.15) is 0 Å². The van der Waals surface area contributed by atoms with Crippen LogP contribution in [0.4, 0.5) is 13.2 Å². The van der Waals surface area contributed by atoms with E-state index in [4.69, 9.17) is 37.9 Å². The van der Waals surface area contributed by atoms with E-state index in [1.165, 1.54) is 0 Å². The van der Waals surface area contributed by atoms with Crippen molar-refractivity contribution in [2.75, 3.05) is 133 Å². The summed E-state index contributed by atoms with van der Waals surface area (Å²) >= 11 is 0.